The topological polar surface area (TPSA) is 84.5 Å². The second-order valence-electron chi connectivity index (χ2n) is 8.70. The fraction of sp³-hybridized carbons (Fsp3) is 0.0938. The maximum Gasteiger partial charge on any atom is 0.272 e. The molecule has 0 radical (unpaired) electrons. The Morgan fingerprint density at radius 2 is 1.61 bits per heavy atom. The van der Waals surface area contributed by atoms with Gasteiger partial charge >= 0.3 is 0 Å². The number of anilines is 1. The molecule has 0 aliphatic rings. The lowest BCUT2D eigenvalue weighted by Gasteiger charge is -2.13. The fourth-order valence-corrected chi connectivity index (χ4v) is 5.03. The molecule has 0 aliphatic carbocycles. The molecule has 0 aliphatic heterocycles. The highest BCUT2D eigenvalue weighted by Crippen LogP contribution is 2.25. The first-order valence-corrected chi connectivity index (χ1v) is 14.4. The number of carbonyl (C=O) groups excluding carboxylic acids is 3. The van der Waals surface area contributed by atoms with Gasteiger partial charge in [0.25, 0.3) is 11.8 Å². The largest absolute Gasteiger partial charge is 0.494 e. The zero-order chi connectivity index (χ0) is 29.2. The summed E-state index contributed by atoms with van der Waals surface area (Å²) in [6.45, 7) is 2.46. The second kappa shape index (κ2) is 14.6. The van der Waals surface area contributed by atoms with Crippen LogP contribution in [-0.2, 0) is 4.79 Å². The van der Waals surface area contributed by atoms with Crippen LogP contribution in [0.15, 0.2) is 108 Å². The van der Waals surface area contributed by atoms with E-state index in [-0.39, 0.29) is 17.2 Å². The molecule has 0 unspecified atom stereocenters. The van der Waals surface area contributed by atoms with Gasteiger partial charge in [-0.15, -0.1) is 11.8 Å². The number of ether oxygens (including phenoxy) is 1. The molecule has 208 valence electrons. The number of carbonyl (C=O) groups is 3. The number of nitrogens with one attached hydrogen (secondary N) is 2. The van der Waals surface area contributed by atoms with Crippen molar-refractivity contribution < 1.29 is 19.1 Å². The van der Waals surface area contributed by atoms with Crippen LogP contribution in [0.1, 0.15) is 33.2 Å². The van der Waals surface area contributed by atoms with Crippen LogP contribution < -0.4 is 15.4 Å². The third-order valence-electron chi connectivity index (χ3n) is 5.74. The number of hydrogen-bond acceptors (Lipinski definition) is 5. The minimum atomic E-state index is -0.548. The van der Waals surface area contributed by atoms with Crippen molar-refractivity contribution >= 4 is 64.3 Å². The highest BCUT2D eigenvalue weighted by Gasteiger charge is 2.16. The molecule has 0 atom stereocenters. The summed E-state index contributed by atoms with van der Waals surface area (Å²) < 4.78 is 5.43. The van der Waals surface area contributed by atoms with Gasteiger partial charge in [-0.3, -0.25) is 14.4 Å². The third kappa shape index (κ3) is 8.72. The highest BCUT2D eigenvalue weighted by atomic mass is 35.5. The second-order valence-corrected chi connectivity index (χ2v) is 10.6. The van der Waals surface area contributed by atoms with Gasteiger partial charge in [0.05, 0.1) is 12.4 Å². The summed E-state index contributed by atoms with van der Waals surface area (Å²) in [6.07, 6.45) is 1.49. The first-order chi connectivity index (χ1) is 19.8. The molecule has 4 aromatic carbocycles. The minimum absolute atomic E-state index is 0.00758. The monoisotopic (exact) mass is 604 g/mol. The molecule has 0 aromatic heterocycles. The number of amides is 2. The molecule has 0 fully saturated rings. The first-order valence-electron chi connectivity index (χ1n) is 12.7. The van der Waals surface area contributed by atoms with E-state index in [4.69, 9.17) is 27.9 Å². The summed E-state index contributed by atoms with van der Waals surface area (Å²) >= 11 is 13.7. The van der Waals surface area contributed by atoms with E-state index >= 15 is 0 Å². The maximum atomic E-state index is 13.4. The molecule has 4 aromatic rings. The number of benzene rings is 4. The van der Waals surface area contributed by atoms with Crippen molar-refractivity contribution in [1.29, 1.82) is 0 Å². The molecule has 0 heterocycles. The molecule has 0 bridgehead atoms. The van der Waals surface area contributed by atoms with Gasteiger partial charge in [0, 0.05) is 31.8 Å². The van der Waals surface area contributed by atoms with Crippen molar-refractivity contribution in [2.24, 2.45) is 0 Å². The van der Waals surface area contributed by atoms with E-state index < -0.39 is 11.8 Å². The van der Waals surface area contributed by atoms with Gasteiger partial charge in [-0.05, 0) is 85.3 Å². The van der Waals surface area contributed by atoms with E-state index in [0.29, 0.717) is 44.8 Å². The maximum absolute atomic E-state index is 13.4. The highest BCUT2D eigenvalue weighted by molar-refractivity contribution is 8.00. The third-order valence-corrected chi connectivity index (χ3v) is 7.30. The average Bonchev–Trinajstić information content (AvgIpc) is 2.98. The molecule has 2 N–H and O–H groups in total. The lowest BCUT2D eigenvalue weighted by molar-refractivity contribution is -0.113. The van der Waals surface area contributed by atoms with Crippen LogP contribution in [0.2, 0.25) is 10.0 Å². The van der Waals surface area contributed by atoms with Gasteiger partial charge in [-0.2, -0.15) is 0 Å². The summed E-state index contributed by atoms with van der Waals surface area (Å²) in [4.78, 5) is 39.7. The fourth-order valence-electron chi connectivity index (χ4n) is 3.71. The van der Waals surface area contributed by atoms with E-state index in [1.807, 2.05) is 13.0 Å². The van der Waals surface area contributed by atoms with Crippen molar-refractivity contribution in [2.45, 2.75) is 11.8 Å². The van der Waals surface area contributed by atoms with Crippen LogP contribution in [0.4, 0.5) is 5.69 Å². The van der Waals surface area contributed by atoms with Crippen LogP contribution in [0, 0.1) is 0 Å². The molecule has 41 heavy (non-hydrogen) atoms. The zero-order valence-corrected chi connectivity index (χ0v) is 24.4. The van der Waals surface area contributed by atoms with Gasteiger partial charge in [0.1, 0.15) is 11.4 Å². The average molecular weight is 606 g/mol. The molecular formula is C32H26Cl2N2O4S. The van der Waals surface area contributed by atoms with Crippen LogP contribution >= 0.6 is 35.0 Å². The summed E-state index contributed by atoms with van der Waals surface area (Å²) in [7, 11) is 0. The summed E-state index contributed by atoms with van der Waals surface area (Å²) in [5.41, 5.74) is 1.98. The number of rotatable bonds is 11. The Morgan fingerprint density at radius 1 is 0.854 bits per heavy atom. The van der Waals surface area contributed by atoms with Crippen LogP contribution in [-0.4, -0.2) is 30.0 Å². The number of halogens is 2. The molecule has 9 heteroatoms. The predicted molar refractivity (Wildman–Crippen MR) is 166 cm³/mol. The van der Waals surface area contributed by atoms with E-state index in [1.165, 1.54) is 17.8 Å². The van der Waals surface area contributed by atoms with Crippen molar-refractivity contribution in [3.8, 4) is 5.75 Å². The molecule has 0 spiro atoms. The smallest absolute Gasteiger partial charge is 0.272 e. The van der Waals surface area contributed by atoms with Crippen LogP contribution in [0.25, 0.3) is 6.08 Å². The number of hydrogen-bond donors (Lipinski definition) is 2. The first kappa shape index (κ1) is 29.9. The SMILES string of the molecule is CCOc1ccc(C(=O)CSc2cccc(NC(=O)/C(=C/c3ccc(Cl)cc3Cl)NC(=O)c3ccccc3)c2)cc1. The van der Waals surface area contributed by atoms with Crippen molar-refractivity contribution in [1.82, 2.24) is 5.32 Å². The normalized spacial score (nSPS) is 11.0. The Morgan fingerprint density at radius 3 is 2.32 bits per heavy atom. The number of Topliss-reactive ketones (excluding diaryl/α,β-unsaturated/α-hetero) is 1. The quantitative estimate of drug-likeness (QED) is 0.104. The van der Waals surface area contributed by atoms with E-state index in [2.05, 4.69) is 10.6 Å². The van der Waals surface area contributed by atoms with Gasteiger partial charge in [-0.1, -0.05) is 53.5 Å². The van der Waals surface area contributed by atoms with Crippen molar-refractivity contribution in [2.75, 3.05) is 17.7 Å². The van der Waals surface area contributed by atoms with Crippen LogP contribution in [0.5, 0.6) is 5.75 Å². The van der Waals surface area contributed by atoms with Crippen molar-refractivity contribution in [3.63, 3.8) is 0 Å². The molecule has 4 rings (SSSR count). The minimum Gasteiger partial charge on any atom is -0.494 e. The van der Waals surface area contributed by atoms with E-state index in [1.54, 1.807) is 91.0 Å². The Bertz CT molecular complexity index is 1570. The molecule has 6 nitrogen and oxygen atoms in total. The van der Waals surface area contributed by atoms with Crippen molar-refractivity contribution in [3.05, 3.63) is 129 Å². The van der Waals surface area contributed by atoms with Gasteiger partial charge < -0.3 is 15.4 Å². The molecular weight excluding hydrogens is 579 g/mol. The Labute approximate surface area is 252 Å². The molecule has 0 saturated heterocycles. The zero-order valence-electron chi connectivity index (χ0n) is 22.0. The Kier molecular flexibility index (Phi) is 10.6. The Balaban J connectivity index is 1.48. The standard InChI is InChI=1S/C32H26Cl2N2O4S/c1-2-40-26-15-12-21(13-16-26)30(37)20-41-27-10-6-9-25(19-27)35-32(39)29(17-23-11-14-24(33)18-28(23)34)36-31(38)22-7-4-3-5-8-22/h3-19H,2,20H2,1H3,(H,35,39)(H,36,38)/b29-17-. The van der Waals surface area contributed by atoms with E-state index in [0.717, 1.165) is 4.90 Å². The lowest BCUT2D eigenvalue weighted by Crippen LogP contribution is -2.30. The van der Waals surface area contributed by atoms with Gasteiger partial charge in [0.15, 0.2) is 5.78 Å². The van der Waals surface area contributed by atoms with E-state index in [9.17, 15) is 14.4 Å². The summed E-state index contributed by atoms with van der Waals surface area (Å²) in [5.74, 6) is -0.0891. The summed E-state index contributed by atoms with van der Waals surface area (Å²) in [5, 5.41) is 6.28. The number of ketones is 1. The predicted octanol–water partition coefficient (Wildman–Crippen LogP) is 7.78. The molecule has 2 amide bonds. The van der Waals surface area contributed by atoms with Crippen LogP contribution in [0.3, 0.4) is 0 Å². The summed E-state index contributed by atoms with van der Waals surface area (Å²) in [6, 6.07) is 27.6. The molecule has 0 saturated carbocycles. The van der Waals surface area contributed by atoms with Gasteiger partial charge in [-0.25, -0.2) is 0 Å². The lowest BCUT2D eigenvalue weighted by atomic mass is 10.1. The van der Waals surface area contributed by atoms with Gasteiger partial charge in [0.2, 0.25) is 0 Å². The number of thioether (sulfide) groups is 1. The Hall–Kier alpha value is -4.04.